The van der Waals surface area contributed by atoms with Gasteiger partial charge in [0, 0.05) is 16.3 Å². The van der Waals surface area contributed by atoms with Crippen molar-refractivity contribution in [2.75, 3.05) is 24.8 Å². The van der Waals surface area contributed by atoms with Gasteiger partial charge in [0.1, 0.15) is 24.9 Å². The molecule has 1 aromatic rings. The van der Waals surface area contributed by atoms with Crippen LogP contribution in [0, 0.1) is 0 Å². The highest BCUT2D eigenvalue weighted by molar-refractivity contribution is 7.99. The van der Waals surface area contributed by atoms with E-state index in [1.807, 2.05) is 5.32 Å². The number of thioether (sulfide) groups is 1. The lowest BCUT2D eigenvalue weighted by atomic mass is 10.1. The van der Waals surface area contributed by atoms with Gasteiger partial charge in [-0.2, -0.15) is 13.2 Å². The maximum Gasteiger partial charge on any atom is 0.405 e. The number of nitrogens with one attached hydrogen (secondary N) is 1. The van der Waals surface area contributed by atoms with Gasteiger partial charge in [0.05, 0.1) is 11.4 Å². The second-order valence-electron chi connectivity index (χ2n) is 5.76. The molecule has 1 aromatic carbocycles. The van der Waals surface area contributed by atoms with E-state index in [1.54, 1.807) is 24.3 Å². The molecule has 0 aliphatic carbocycles. The molecule has 0 radical (unpaired) electrons. The average molecular weight is 407 g/mol. The quantitative estimate of drug-likeness (QED) is 0.838. The van der Waals surface area contributed by atoms with Gasteiger partial charge in [0.15, 0.2) is 0 Å². The number of ether oxygens (including phenoxy) is 1. The predicted octanol–water partition coefficient (Wildman–Crippen LogP) is 2.70. The third-order valence-electron chi connectivity index (χ3n) is 3.87. The second-order valence-corrected chi connectivity index (χ2v) is 7.20. The highest BCUT2D eigenvalue weighted by atomic mass is 35.5. The van der Waals surface area contributed by atoms with Crippen LogP contribution in [0.2, 0.25) is 5.02 Å². The Bertz CT molecular complexity index is 770. The van der Waals surface area contributed by atoms with Crippen molar-refractivity contribution in [2.45, 2.75) is 12.2 Å². The van der Waals surface area contributed by atoms with Gasteiger partial charge in [-0.05, 0) is 24.3 Å². The zero-order chi connectivity index (χ0) is 18.9. The molecule has 2 aliphatic heterocycles. The molecule has 1 atom stereocenters. The van der Waals surface area contributed by atoms with Crippen LogP contribution in [0.15, 0.2) is 23.8 Å². The summed E-state index contributed by atoms with van der Waals surface area (Å²) in [4.78, 5) is 26.1. The van der Waals surface area contributed by atoms with Gasteiger partial charge in [-0.25, -0.2) is 0 Å². The van der Waals surface area contributed by atoms with Crippen molar-refractivity contribution >= 4 is 41.3 Å². The summed E-state index contributed by atoms with van der Waals surface area (Å²) in [6, 6.07) is 4.06. The molecular weight excluding hydrogens is 393 g/mol. The van der Waals surface area contributed by atoms with Gasteiger partial charge >= 0.3 is 6.18 Å². The summed E-state index contributed by atoms with van der Waals surface area (Å²) in [5.41, 5.74) is 0.952. The predicted molar refractivity (Wildman–Crippen MR) is 91.9 cm³/mol. The van der Waals surface area contributed by atoms with Gasteiger partial charge in [-0.1, -0.05) is 11.6 Å². The molecule has 1 unspecified atom stereocenters. The first kappa shape index (κ1) is 18.9. The third-order valence-corrected chi connectivity index (χ3v) is 5.12. The molecule has 3 rings (SSSR count). The van der Waals surface area contributed by atoms with E-state index >= 15 is 0 Å². The molecule has 2 heterocycles. The van der Waals surface area contributed by atoms with Gasteiger partial charge in [-0.15, -0.1) is 11.8 Å². The van der Waals surface area contributed by atoms with E-state index in [0.29, 0.717) is 21.9 Å². The number of alkyl halides is 3. The molecule has 0 saturated carbocycles. The number of hydrogen-bond acceptors (Lipinski definition) is 4. The number of hydrogen-bond donors (Lipinski definition) is 1. The normalized spacial score (nSPS) is 19.5. The molecule has 10 heteroatoms. The Morgan fingerprint density at radius 1 is 1.38 bits per heavy atom. The minimum atomic E-state index is -4.50. The van der Waals surface area contributed by atoms with Crippen LogP contribution in [0.25, 0.3) is 6.08 Å². The minimum Gasteiger partial charge on any atom is -0.488 e. The van der Waals surface area contributed by atoms with Gasteiger partial charge < -0.3 is 15.0 Å². The highest BCUT2D eigenvalue weighted by Gasteiger charge is 2.38. The van der Waals surface area contributed by atoms with Gasteiger partial charge in [0.2, 0.25) is 5.91 Å². The van der Waals surface area contributed by atoms with Crippen LogP contribution >= 0.6 is 23.4 Å². The van der Waals surface area contributed by atoms with E-state index in [1.165, 1.54) is 16.7 Å². The van der Waals surface area contributed by atoms with E-state index in [-0.39, 0.29) is 18.2 Å². The molecule has 5 nitrogen and oxygen atoms in total. The van der Waals surface area contributed by atoms with Crippen LogP contribution in [-0.4, -0.2) is 53.7 Å². The van der Waals surface area contributed by atoms with E-state index in [9.17, 15) is 22.8 Å². The molecule has 1 saturated heterocycles. The fraction of sp³-hybridized carbons (Fsp3) is 0.375. The largest absolute Gasteiger partial charge is 0.488 e. The standard InChI is InChI=1S/C16H14ClF3N2O3S/c17-11-1-2-13-9(4-11)3-10(5-25-13)15(24)22-8-26-6-12(22)14(23)21-7-16(18,19)20/h1-4,12H,5-8H2,(H,21,23). The number of halogens is 4. The lowest BCUT2D eigenvalue weighted by Gasteiger charge is -2.26. The van der Waals surface area contributed by atoms with Gasteiger partial charge in [0.25, 0.3) is 5.91 Å². The fourth-order valence-corrected chi connectivity index (χ4v) is 3.96. The Kier molecular flexibility index (Phi) is 5.38. The van der Waals surface area contributed by atoms with Crippen LogP contribution in [-0.2, 0) is 9.59 Å². The summed E-state index contributed by atoms with van der Waals surface area (Å²) in [5.74, 6) is -0.204. The summed E-state index contributed by atoms with van der Waals surface area (Å²) in [5, 5.41) is 2.32. The van der Waals surface area contributed by atoms with Crippen molar-refractivity contribution in [3.8, 4) is 5.75 Å². The first-order valence-corrected chi connectivity index (χ1v) is 9.14. The van der Waals surface area contributed by atoms with Crippen molar-refractivity contribution in [1.82, 2.24) is 10.2 Å². The molecule has 0 aromatic heterocycles. The Hall–Kier alpha value is -1.87. The van der Waals surface area contributed by atoms with Crippen LogP contribution in [0.4, 0.5) is 13.2 Å². The maximum absolute atomic E-state index is 12.7. The molecule has 1 N–H and O–H groups in total. The molecule has 0 spiro atoms. The number of nitrogens with zero attached hydrogens (tertiary/aromatic N) is 1. The van der Waals surface area contributed by atoms with Crippen LogP contribution in [0.3, 0.4) is 0 Å². The smallest absolute Gasteiger partial charge is 0.405 e. The Morgan fingerprint density at radius 2 is 2.15 bits per heavy atom. The first-order valence-electron chi connectivity index (χ1n) is 7.61. The van der Waals surface area contributed by atoms with Crippen molar-refractivity contribution in [2.24, 2.45) is 0 Å². The lowest BCUT2D eigenvalue weighted by Crippen LogP contribution is -2.49. The van der Waals surface area contributed by atoms with E-state index in [4.69, 9.17) is 16.3 Å². The summed E-state index contributed by atoms with van der Waals surface area (Å²) in [6.45, 7) is -1.40. The lowest BCUT2D eigenvalue weighted by molar-refractivity contribution is -0.143. The van der Waals surface area contributed by atoms with Gasteiger partial charge in [-0.3, -0.25) is 9.59 Å². The van der Waals surface area contributed by atoms with E-state index in [2.05, 4.69) is 0 Å². The summed E-state index contributed by atoms with van der Waals surface area (Å²) < 4.78 is 42.4. The van der Waals surface area contributed by atoms with Crippen molar-refractivity contribution in [3.05, 3.63) is 34.4 Å². The monoisotopic (exact) mass is 406 g/mol. The van der Waals surface area contributed by atoms with Crippen molar-refractivity contribution < 1.29 is 27.5 Å². The third kappa shape index (κ3) is 4.27. The summed E-state index contributed by atoms with van der Waals surface area (Å²) in [7, 11) is 0. The average Bonchev–Trinajstić information content (AvgIpc) is 3.07. The minimum absolute atomic E-state index is 0.0194. The molecular formula is C16H14ClF3N2O3S. The SMILES string of the molecule is O=C(NCC(F)(F)F)C1CSCN1C(=O)C1=Cc2cc(Cl)ccc2OC1. The number of fused-ring (bicyclic) bond motifs is 1. The Morgan fingerprint density at radius 3 is 2.88 bits per heavy atom. The van der Waals surface area contributed by atoms with Crippen LogP contribution < -0.4 is 10.1 Å². The zero-order valence-corrected chi connectivity index (χ0v) is 14.9. The van der Waals surface area contributed by atoms with Crippen molar-refractivity contribution in [1.29, 1.82) is 0 Å². The molecule has 2 aliphatic rings. The fourth-order valence-electron chi connectivity index (χ4n) is 2.62. The summed E-state index contributed by atoms with van der Waals surface area (Å²) >= 11 is 7.25. The zero-order valence-electron chi connectivity index (χ0n) is 13.3. The number of benzene rings is 1. The number of carbonyl (C=O) groups excluding carboxylic acids is 2. The second kappa shape index (κ2) is 7.40. The molecule has 26 heavy (non-hydrogen) atoms. The Balaban J connectivity index is 1.73. The molecule has 2 amide bonds. The summed E-state index contributed by atoms with van der Waals surface area (Å²) in [6.07, 6.45) is -2.88. The van der Waals surface area contributed by atoms with E-state index < -0.39 is 30.6 Å². The molecule has 0 bridgehead atoms. The molecule has 140 valence electrons. The topological polar surface area (TPSA) is 58.6 Å². The molecule has 1 fully saturated rings. The number of carbonyl (C=O) groups is 2. The highest BCUT2D eigenvalue weighted by Crippen LogP contribution is 2.31. The van der Waals surface area contributed by atoms with Crippen LogP contribution in [0.1, 0.15) is 5.56 Å². The first-order chi connectivity index (χ1) is 12.2. The van der Waals surface area contributed by atoms with Crippen LogP contribution in [0.5, 0.6) is 5.75 Å². The Labute approximate surface area is 156 Å². The number of amides is 2. The van der Waals surface area contributed by atoms with E-state index in [0.717, 1.165) is 0 Å². The number of rotatable bonds is 3. The van der Waals surface area contributed by atoms with Crippen molar-refractivity contribution in [3.63, 3.8) is 0 Å². The maximum atomic E-state index is 12.7.